The van der Waals surface area contributed by atoms with Crippen LogP contribution in [0.1, 0.15) is 0 Å². The Morgan fingerprint density at radius 2 is 1.82 bits per heavy atom. The van der Waals surface area contributed by atoms with Gasteiger partial charge in [0.25, 0.3) is 0 Å². The fourth-order valence-corrected chi connectivity index (χ4v) is 2.41. The van der Waals surface area contributed by atoms with Crippen molar-refractivity contribution in [2.24, 2.45) is 0 Å². The molecule has 0 saturated heterocycles. The van der Waals surface area contributed by atoms with E-state index >= 15 is 0 Å². The molecule has 0 aliphatic heterocycles. The minimum Gasteiger partial charge on any atom is -0.378 e. The highest BCUT2D eigenvalue weighted by atomic mass is 28.2. The third-order valence-corrected chi connectivity index (χ3v) is 3.21. The van der Waals surface area contributed by atoms with Gasteiger partial charge in [-0.3, -0.25) is 0 Å². The second-order valence-electron chi connectivity index (χ2n) is 2.88. The van der Waals surface area contributed by atoms with Gasteiger partial charge in [-0.25, -0.2) is 0 Å². The van der Waals surface area contributed by atoms with Crippen LogP contribution in [0, 0.1) is 0 Å². The number of rotatable bonds is 2. The summed E-state index contributed by atoms with van der Waals surface area (Å²) in [5.41, 5.74) is 1.39. The summed E-state index contributed by atoms with van der Waals surface area (Å²) in [6.07, 6.45) is 0. The minimum atomic E-state index is -0.0221. The lowest BCUT2D eigenvalue weighted by molar-refractivity contribution is 1.14. The summed E-state index contributed by atoms with van der Waals surface area (Å²) in [5.74, 6) is 0. The number of hydrogen-bond acceptors (Lipinski definition) is 1. The van der Waals surface area contributed by atoms with E-state index < -0.39 is 0 Å². The van der Waals surface area contributed by atoms with Crippen LogP contribution in [0.25, 0.3) is 0 Å². The van der Waals surface area contributed by atoms with Gasteiger partial charge >= 0.3 is 0 Å². The number of benzene rings is 1. The molecule has 0 atom stereocenters. The Labute approximate surface area is 70.9 Å². The van der Waals surface area contributed by atoms with Gasteiger partial charge in [0.15, 0.2) is 0 Å². The first-order valence-corrected chi connectivity index (χ1v) is 6.13. The van der Waals surface area contributed by atoms with Crippen molar-refractivity contribution in [1.82, 2.24) is 0 Å². The molecule has 0 bridgehead atoms. The fourth-order valence-electron chi connectivity index (χ4n) is 1.25. The van der Waals surface area contributed by atoms with Crippen molar-refractivity contribution < 1.29 is 0 Å². The lowest BCUT2D eigenvalue weighted by Crippen LogP contribution is -2.22. The Kier molecular flexibility index (Phi) is 2.71. The summed E-state index contributed by atoms with van der Waals surface area (Å²) in [5, 5.41) is 1.55. The molecular weight excluding hydrogens is 150 g/mol. The van der Waals surface area contributed by atoms with Crippen molar-refractivity contribution in [2.75, 3.05) is 19.0 Å². The number of hydrogen-bond donors (Lipinski definition) is 0. The van der Waals surface area contributed by atoms with Gasteiger partial charge < -0.3 is 4.90 Å². The van der Waals surface area contributed by atoms with Crippen molar-refractivity contribution in [2.45, 2.75) is 6.55 Å². The maximum Gasteiger partial charge on any atom is 0.0544 e. The van der Waals surface area contributed by atoms with E-state index in [-0.39, 0.29) is 9.52 Å². The quantitative estimate of drug-likeness (QED) is 0.580. The van der Waals surface area contributed by atoms with Crippen molar-refractivity contribution in [3.05, 3.63) is 24.3 Å². The van der Waals surface area contributed by atoms with Gasteiger partial charge in [0, 0.05) is 19.8 Å². The molecule has 1 aromatic carbocycles. The predicted molar refractivity (Wildman–Crippen MR) is 54.8 cm³/mol. The molecule has 0 amide bonds. The molecule has 1 nitrogen and oxygen atoms in total. The van der Waals surface area contributed by atoms with E-state index in [1.54, 1.807) is 5.19 Å². The van der Waals surface area contributed by atoms with Gasteiger partial charge in [-0.2, -0.15) is 0 Å². The van der Waals surface area contributed by atoms with E-state index in [0.29, 0.717) is 0 Å². The largest absolute Gasteiger partial charge is 0.378 e. The number of para-hydroxylation sites is 1. The van der Waals surface area contributed by atoms with Crippen LogP contribution in [-0.2, 0) is 0 Å². The van der Waals surface area contributed by atoms with Crippen LogP contribution in [0.2, 0.25) is 6.55 Å². The minimum absolute atomic E-state index is 0.0221. The van der Waals surface area contributed by atoms with Crippen LogP contribution >= 0.6 is 0 Å². The van der Waals surface area contributed by atoms with Gasteiger partial charge in [-0.15, -0.1) is 0 Å². The molecular formula is C9H15NSi. The van der Waals surface area contributed by atoms with Gasteiger partial charge in [0.2, 0.25) is 0 Å². The molecule has 0 fully saturated rings. The fraction of sp³-hybridized carbons (Fsp3) is 0.333. The smallest absolute Gasteiger partial charge is 0.0544 e. The molecule has 2 heteroatoms. The third-order valence-electron chi connectivity index (χ3n) is 1.85. The van der Waals surface area contributed by atoms with E-state index in [1.807, 2.05) is 0 Å². The molecule has 0 aliphatic rings. The number of nitrogens with zero attached hydrogens (tertiary/aromatic N) is 1. The molecule has 0 saturated carbocycles. The van der Waals surface area contributed by atoms with E-state index in [2.05, 4.69) is 49.8 Å². The van der Waals surface area contributed by atoms with Crippen LogP contribution in [0.3, 0.4) is 0 Å². The highest BCUT2D eigenvalue weighted by molar-refractivity contribution is 6.54. The van der Waals surface area contributed by atoms with Gasteiger partial charge in [-0.05, 0) is 11.3 Å². The topological polar surface area (TPSA) is 3.24 Å². The zero-order valence-electron chi connectivity index (χ0n) is 7.46. The number of anilines is 1. The molecule has 60 valence electrons. The summed E-state index contributed by atoms with van der Waals surface area (Å²) >= 11 is 0. The SMILES string of the molecule is C[SiH2]c1ccccc1N(C)C. The molecule has 1 rings (SSSR count). The van der Waals surface area contributed by atoms with E-state index in [4.69, 9.17) is 0 Å². The zero-order valence-corrected chi connectivity index (χ0v) is 8.88. The normalized spacial score (nSPS) is 10.8. The second-order valence-corrected chi connectivity index (χ2v) is 4.35. The Balaban J connectivity index is 3.02. The van der Waals surface area contributed by atoms with Crippen LogP contribution in [0.5, 0.6) is 0 Å². The molecule has 0 aliphatic carbocycles. The summed E-state index contributed by atoms with van der Waals surface area (Å²) in [6, 6.07) is 8.65. The first-order valence-electron chi connectivity index (χ1n) is 4.01. The highest BCUT2D eigenvalue weighted by Crippen LogP contribution is 2.05. The summed E-state index contributed by atoms with van der Waals surface area (Å²) < 4.78 is 0. The maximum absolute atomic E-state index is 2.32. The van der Waals surface area contributed by atoms with Crippen LogP contribution in [-0.4, -0.2) is 23.6 Å². The van der Waals surface area contributed by atoms with Crippen molar-refractivity contribution in [1.29, 1.82) is 0 Å². The Morgan fingerprint density at radius 1 is 1.18 bits per heavy atom. The Morgan fingerprint density at radius 3 is 2.27 bits per heavy atom. The summed E-state index contributed by atoms with van der Waals surface area (Å²) in [7, 11) is 4.18. The van der Waals surface area contributed by atoms with Crippen LogP contribution < -0.4 is 10.1 Å². The lowest BCUT2D eigenvalue weighted by atomic mass is 10.3. The molecule has 1 aromatic rings. The lowest BCUT2D eigenvalue weighted by Gasteiger charge is -2.15. The summed E-state index contributed by atoms with van der Waals surface area (Å²) in [6.45, 7) is 2.32. The average molecular weight is 165 g/mol. The Bertz CT molecular complexity index is 233. The molecule has 0 radical (unpaired) electrons. The first kappa shape index (κ1) is 8.33. The van der Waals surface area contributed by atoms with Crippen molar-refractivity contribution in [3.63, 3.8) is 0 Å². The Hall–Kier alpha value is -0.763. The van der Waals surface area contributed by atoms with Gasteiger partial charge in [0.05, 0.1) is 9.52 Å². The van der Waals surface area contributed by atoms with Crippen LogP contribution in [0.15, 0.2) is 24.3 Å². The monoisotopic (exact) mass is 165 g/mol. The molecule has 0 unspecified atom stereocenters. The molecule has 0 aromatic heterocycles. The predicted octanol–water partition coefficient (Wildman–Crippen LogP) is 0.595. The molecule has 0 heterocycles. The maximum atomic E-state index is 2.32. The molecule has 11 heavy (non-hydrogen) atoms. The molecule has 0 spiro atoms. The van der Waals surface area contributed by atoms with Crippen molar-refractivity contribution >= 4 is 20.4 Å². The third kappa shape index (κ3) is 1.83. The standard InChI is InChI=1S/C9H15NSi/c1-10(2)8-6-4-5-7-9(8)11-3/h4-7H,11H2,1-3H3. The summed E-state index contributed by atoms with van der Waals surface area (Å²) in [4.78, 5) is 2.19. The zero-order chi connectivity index (χ0) is 8.27. The van der Waals surface area contributed by atoms with E-state index in [9.17, 15) is 0 Å². The van der Waals surface area contributed by atoms with E-state index in [0.717, 1.165) is 0 Å². The van der Waals surface area contributed by atoms with Gasteiger partial charge in [0.1, 0.15) is 0 Å². The average Bonchev–Trinajstić information content (AvgIpc) is 2.04. The van der Waals surface area contributed by atoms with Crippen molar-refractivity contribution in [3.8, 4) is 0 Å². The molecule has 0 N–H and O–H groups in total. The van der Waals surface area contributed by atoms with Gasteiger partial charge in [-0.1, -0.05) is 24.7 Å². The van der Waals surface area contributed by atoms with E-state index in [1.165, 1.54) is 5.69 Å². The first-order chi connectivity index (χ1) is 5.25. The van der Waals surface area contributed by atoms with Crippen LogP contribution in [0.4, 0.5) is 5.69 Å². The highest BCUT2D eigenvalue weighted by Gasteiger charge is 1.99. The second kappa shape index (κ2) is 3.58.